The summed E-state index contributed by atoms with van der Waals surface area (Å²) in [6.45, 7) is 3.68. The van der Waals surface area contributed by atoms with E-state index in [4.69, 9.17) is 4.74 Å². The van der Waals surface area contributed by atoms with Gasteiger partial charge in [0.2, 0.25) is 0 Å². The molecule has 0 bridgehead atoms. The van der Waals surface area contributed by atoms with Gasteiger partial charge in [0.25, 0.3) is 0 Å². The van der Waals surface area contributed by atoms with Crippen molar-refractivity contribution in [2.45, 2.75) is 13.5 Å². The standard InChI is InChI=1S/C11H14BrNO2S/c1-2-15-11(14)4-3-7-13-8-9-5-6-10(12)16-9/h3-6,13H,2,7-8H2,1H3/b4-3+. The summed E-state index contributed by atoms with van der Waals surface area (Å²) in [6, 6.07) is 4.09. The Morgan fingerprint density at radius 1 is 1.62 bits per heavy atom. The first-order valence-electron chi connectivity index (χ1n) is 5.00. The number of hydrogen-bond acceptors (Lipinski definition) is 4. The number of esters is 1. The topological polar surface area (TPSA) is 38.3 Å². The lowest BCUT2D eigenvalue weighted by Gasteiger charge is -1.98. The lowest BCUT2D eigenvalue weighted by molar-refractivity contribution is -0.137. The quantitative estimate of drug-likeness (QED) is 0.499. The predicted octanol–water partition coefficient (Wildman–Crippen LogP) is 2.72. The lowest BCUT2D eigenvalue weighted by atomic mass is 10.4. The fourth-order valence-corrected chi connectivity index (χ4v) is 2.52. The second kappa shape index (κ2) is 7.60. The van der Waals surface area contributed by atoms with Crippen molar-refractivity contribution in [1.29, 1.82) is 0 Å². The molecule has 0 radical (unpaired) electrons. The summed E-state index contributed by atoms with van der Waals surface area (Å²) in [5, 5.41) is 3.21. The van der Waals surface area contributed by atoms with Crippen LogP contribution in [0.4, 0.5) is 0 Å². The van der Waals surface area contributed by atoms with E-state index in [0.29, 0.717) is 13.2 Å². The van der Waals surface area contributed by atoms with Crippen LogP contribution >= 0.6 is 27.3 Å². The van der Waals surface area contributed by atoms with Gasteiger partial charge >= 0.3 is 5.97 Å². The Balaban J connectivity index is 2.14. The van der Waals surface area contributed by atoms with Crippen molar-refractivity contribution in [2.24, 2.45) is 0 Å². The summed E-state index contributed by atoms with van der Waals surface area (Å²) < 4.78 is 5.88. The van der Waals surface area contributed by atoms with Crippen molar-refractivity contribution in [3.8, 4) is 0 Å². The van der Waals surface area contributed by atoms with Crippen molar-refractivity contribution in [1.82, 2.24) is 5.32 Å². The molecule has 0 fully saturated rings. The maximum Gasteiger partial charge on any atom is 0.330 e. The van der Waals surface area contributed by atoms with Gasteiger partial charge in [-0.25, -0.2) is 4.79 Å². The molecule has 16 heavy (non-hydrogen) atoms. The van der Waals surface area contributed by atoms with Gasteiger partial charge < -0.3 is 10.1 Å². The Labute approximate surface area is 108 Å². The first kappa shape index (κ1) is 13.4. The maximum absolute atomic E-state index is 10.9. The van der Waals surface area contributed by atoms with E-state index in [1.807, 2.05) is 6.07 Å². The normalized spacial score (nSPS) is 10.9. The van der Waals surface area contributed by atoms with Gasteiger partial charge in [0, 0.05) is 24.0 Å². The van der Waals surface area contributed by atoms with Crippen molar-refractivity contribution < 1.29 is 9.53 Å². The lowest BCUT2D eigenvalue weighted by Crippen LogP contribution is -2.12. The van der Waals surface area contributed by atoms with Crippen molar-refractivity contribution in [3.63, 3.8) is 0 Å². The molecule has 0 aliphatic heterocycles. The molecule has 0 aromatic carbocycles. The zero-order chi connectivity index (χ0) is 11.8. The van der Waals surface area contributed by atoms with Crippen LogP contribution in [-0.2, 0) is 16.1 Å². The monoisotopic (exact) mass is 303 g/mol. The summed E-state index contributed by atoms with van der Waals surface area (Å²) in [5.74, 6) is -0.289. The number of rotatable bonds is 6. The molecular formula is C11H14BrNO2S. The van der Waals surface area contributed by atoms with Gasteiger partial charge in [0.15, 0.2) is 0 Å². The van der Waals surface area contributed by atoms with E-state index in [1.54, 1.807) is 24.3 Å². The SMILES string of the molecule is CCOC(=O)/C=C/CNCc1ccc(Br)s1. The number of thiophene rings is 1. The molecule has 0 saturated heterocycles. The highest BCUT2D eigenvalue weighted by atomic mass is 79.9. The van der Waals surface area contributed by atoms with Gasteiger partial charge in [0.1, 0.15) is 0 Å². The molecule has 5 heteroatoms. The third-order valence-corrected chi connectivity index (χ3v) is 3.35. The van der Waals surface area contributed by atoms with Crippen LogP contribution in [0, 0.1) is 0 Å². The molecule has 0 amide bonds. The minimum atomic E-state index is -0.289. The van der Waals surface area contributed by atoms with Crippen LogP contribution in [-0.4, -0.2) is 19.1 Å². The van der Waals surface area contributed by atoms with Crippen molar-refractivity contribution >= 4 is 33.2 Å². The molecule has 1 heterocycles. The highest BCUT2D eigenvalue weighted by molar-refractivity contribution is 9.11. The zero-order valence-electron chi connectivity index (χ0n) is 9.03. The number of ether oxygens (including phenoxy) is 1. The Kier molecular flexibility index (Phi) is 6.37. The average Bonchev–Trinajstić information content (AvgIpc) is 2.64. The number of nitrogens with one attached hydrogen (secondary N) is 1. The average molecular weight is 304 g/mol. The highest BCUT2D eigenvalue weighted by Gasteiger charge is 1.96. The van der Waals surface area contributed by atoms with Crippen LogP contribution < -0.4 is 5.32 Å². The van der Waals surface area contributed by atoms with E-state index < -0.39 is 0 Å². The molecule has 1 aromatic rings. The van der Waals surface area contributed by atoms with Gasteiger partial charge in [-0.2, -0.15) is 0 Å². The van der Waals surface area contributed by atoms with Gasteiger partial charge in [-0.15, -0.1) is 11.3 Å². The molecular weight excluding hydrogens is 290 g/mol. The largest absolute Gasteiger partial charge is 0.463 e. The Bertz CT molecular complexity index is 363. The fraction of sp³-hybridized carbons (Fsp3) is 0.364. The first-order valence-corrected chi connectivity index (χ1v) is 6.61. The molecule has 0 spiro atoms. The van der Waals surface area contributed by atoms with Crippen LogP contribution in [0.25, 0.3) is 0 Å². The molecule has 1 N–H and O–H groups in total. The van der Waals surface area contributed by atoms with Crippen molar-refractivity contribution in [2.75, 3.05) is 13.2 Å². The number of carbonyl (C=O) groups is 1. The van der Waals surface area contributed by atoms with Crippen LogP contribution in [0.15, 0.2) is 28.1 Å². The number of hydrogen-bond donors (Lipinski definition) is 1. The third-order valence-electron chi connectivity index (χ3n) is 1.73. The van der Waals surface area contributed by atoms with Crippen molar-refractivity contribution in [3.05, 3.63) is 32.9 Å². The van der Waals surface area contributed by atoms with E-state index in [-0.39, 0.29) is 5.97 Å². The summed E-state index contributed by atoms with van der Waals surface area (Å²) in [6.07, 6.45) is 3.21. The maximum atomic E-state index is 10.9. The highest BCUT2D eigenvalue weighted by Crippen LogP contribution is 2.21. The summed E-state index contributed by atoms with van der Waals surface area (Å²) in [4.78, 5) is 12.2. The van der Waals surface area contributed by atoms with Gasteiger partial charge in [0.05, 0.1) is 10.4 Å². The molecule has 0 aliphatic rings. The van der Waals surface area contributed by atoms with E-state index in [9.17, 15) is 4.79 Å². The second-order valence-electron chi connectivity index (χ2n) is 2.99. The van der Waals surface area contributed by atoms with Gasteiger partial charge in [-0.05, 0) is 35.0 Å². The van der Waals surface area contributed by atoms with Crippen LogP contribution in [0.3, 0.4) is 0 Å². The molecule has 0 aliphatic carbocycles. The molecule has 0 saturated carbocycles. The summed E-state index contributed by atoms with van der Waals surface area (Å²) in [5.41, 5.74) is 0. The Hall–Kier alpha value is -0.650. The molecule has 1 rings (SSSR count). The first-order chi connectivity index (χ1) is 7.72. The fourth-order valence-electron chi connectivity index (χ4n) is 1.07. The second-order valence-corrected chi connectivity index (χ2v) is 5.54. The van der Waals surface area contributed by atoms with Crippen LogP contribution in [0.2, 0.25) is 0 Å². The van der Waals surface area contributed by atoms with E-state index in [0.717, 1.165) is 10.3 Å². The van der Waals surface area contributed by atoms with Gasteiger partial charge in [-0.1, -0.05) is 6.08 Å². The van der Waals surface area contributed by atoms with Crippen LogP contribution in [0.5, 0.6) is 0 Å². The molecule has 1 aromatic heterocycles. The zero-order valence-corrected chi connectivity index (χ0v) is 11.4. The summed E-state index contributed by atoms with van der Waals surface area (Å²) >= 11 is 5.11. The Morgan fingerprint density at radius 3 is 3.06 bits per heavy atom. The molecule has 0 unspecified atom stereocenters. The number of carbonyl (C=O) groups excluding carboxylic acids is 1. The van der Waals surface area contributed by atoms with Crippen LogP contribution in [0.1, 0.15) is 11.8 Å². The van der Waals surface area contributed by atoms with E-state index >= 15 is 0 Å². The third kappa shape index (κ3) is 5.44. The molecule has 3 nitrogen and oxygen atoms in total. The minimum Gasteiger partial charge on any atom is -0.463 e. The predicted molar refractivity (Wildman–Crippen MR) is 69.5 cm³/mol. The van der Waals surface area contributed by atoms with Gasteiger partial charge in [-0.3, -0.25) is 0 Å². The smallest absolute Gasteiger partial charge is 0.330 e. The minimum absolute atomic E-state index is 0.289. The van der Waals surface area contributed by atoms with E-state index in [2.05, 4.69) is 27.3 Å². The summed E-state index contributed by atoms with van der Waals surface area (Å²) in [7, 11) is 0. The molecule has 88 valence electrons. The molecule has 0 atom stereocenters. The number of halogens is 1. The Morgan fingerprint density at radius 2 is 2.44 bits per heavy atom. The van der Waals surface area contributed by atoms with E-state index in [1.165, 1.54) is 11.0 Å².